The molecule has 1 heterocycles. The molecule has 1 aliphatic heterocycles. The third-order valence-corrected chi connectivity index (χ3v) is 7.87. The van der Waals surface area contributed by atoms with Gasteiger partial charge in [0.1, 0.15) is 6.04 Å². The molecule has 4 atom stereocenters. The number of thioether (sulfide) groups is 1. The summed E-state index contributed by atoms with van der Waals surface area (Å²) in [5.41, 5.74) is 0.501. The van der Waals surface area contributed by atoms with Crippen LogP contribution in [0.25, 0.3) is 0 Å². The molecule has 0 radical (unpaired) electrons. The third-order valence-electron chi connectivity index (χ3n) is 7.22. The van der Waals surface area contributed by atoms with Gasteiger partial charge in [0, 0.05) is 18.7 Å². The van der Waals surface area contributed by atoms with Crippen LogP contribution in [0.3, 0.4) is 0 Å². The SMILES string of the molecule is CSCC[C@@H](CO)NC(=O)C(C)=C[C@H](C(C)C)N(C)C(=O)[C@@H](NC(=O)[C@H]1CCCCN1C(C)C)C(C)C. The molecule has 3 amide bonds. The maximum Gasteiger partial charge on any atom is 0.246 e. The summed E-state index contributed by atoms with van der Waals surface area (Å²) in [6.07, 6.45) is 7.40. The van der Waals surface area contributed by atoms with Crippen LogP contribution in [-0.4, -0.2) is 95.0 Å². The molecule has 1 saturated heterocycles. The van der Waals surface area contributed by atoms with Crippen molar-refractivity contribution in [1.82, 2.24) is 20.4 Å². The van der Waals surface area contributed by atoms with Crippen LogP contribution in [0.2, 0.25) is 0 Å². The molecule has 1 aliphatic rings. The van der Waals surface area contributed by atoms with Crippen molar-refractivity contribution in [2.75, 3.05) is 32.2 Å². The van der Waals surface area contributed by atoms with Gasteiger partial charge in [-0.3, -0.25) is 19.3 Å². The number of hydrogen-bond acceptors (Lipinski definition) is 6. The first-order valence-electron chi connectivity index (χ1n) is 13.8. The van der Waals surface area contributed by atoms with E-state index in [4.69, 9.17) is 0 Å². The summed E-state index contributed by atoms with van der Waals surface area (Å²) in [5, 5.41) is 15.6. The zero-order valence-electron chi connectivity index (χ0n) is 24.5. The molecular formula is C28H52N4O4S. The number of nitrogens with one attached hydrogen (secondary N) is 2. The van der Waals surface area contributed by atoms with E-state index in [0.717, 1.165) is 31.6 Å². The second-order valence-corrected chi connectivity index (χ2v) is 12.2. The molecular weight excluding hydrogens is 488 g/mol. The average molecular weight is 541 g/mol. The van der Waals surface area contributed by atoms with E-state index in [1.165, 1.54) is 0 Å². The number of rotatable bonds is 14. The number of likely N-dealkylation sites (N-methyl/N-ethyl adjacent to an activating group) is 1. The fourth-order valence-electron chi connectivity index (χ4n) is 4.83. The van der Waals surface area contributed by atoms with Gasteiger partial charge in [-0.15, -0.1) is 0 Å². The van der Waals surface area contributed by atoms with Gasteiger partial charge in [0.2, 0.25) is 17.7 Å². The van der Waals surface area contributed by atoms with E-state index < -0.39 is 6.04 Å². The molecule has 9 heteroatoms. The van der Waals surface area contributed by atoms with Crippen molar-refractivity contribution in [3.05, 3.63) is 11.6 Å². The quantitative estimate of drug-likeness (QED) is 0.293. The highest BCUT2D eigenvalue weighted by Crippen LogP contribution is 2.21. The zero-order chi connectivity index (χ0) is 28.3. The van der Waals surface area contributed by atoms with Gasteiger partial charge < -0.3 is 20.6 Å². The zero-order valence-corrected chi connectivity index (χ0v) is 25.4. The molecule has 8 nitrogen and oxygen atoms in total. The van der Waals surface area contributed by atoms with E-state index in [-0.39, 0.29) is 60.3 Å². The summed E-state index contributed by atoms with van der Waals surface area (Å²) in [4.78, 5) is 43.7. The Morgan fingerprint density at radius 2 is 1.73 bits per heavy atom. The topological polar surface area (TPSA) is 102 Å². The van der Waals surface area contributed by atoms with Crippen molar-refractivity contribution in [3.8, 4) is 0 Å². The highest BCUT2D eigenvalue weighted by molar-refractivity contribution is 7.98. The minimum atomic E-state index is -0.650. The van der Waals surface area contributed by atoms with Gasteiger partial charge in [-0.1, -0.05) is 40.2 Å². The molecule has 0 aromatic rings. The van der Waals surface area contributed by atoms with Crippen LogP contribution >= 0.6 is 11.8 Å². The third kappa shape index (κ3) is 10.2. The second kappa shape index (κ2) is 16.4. The van der Waals surface area contributed by atoms with E-state index in [0.29, 0.717) is 12.0 Å². The first kappa shape index (κ1) is 33.4. The lowest BCUT2D eigenvalue weighted by atomic mass is 9.95. The highest BCUT2D eigenvalue weighted by Gasteiger charge is 2.36. The largest absolute Gasteiger partial charge is 0.394 e. The van der Waals surface area contributed by atoms with E-state index >= 15 is 0 Å². The van der Waals surface area contributed by atoms with Crippen LogP contribution in [0.15, 0.2) is 11.6 Å². The van der Waals surface area contributed by atoms with Gasteiger partial charge in [0.15, 0.2) is 0 Å². The van der Waals surface area contributed by atoms with Crippen LogP contribution in [0.4, 0.5) is 0 Å². The van der Waals surface area contributed by atoms with Crippen LogP contribution in [-0.2, 0) is 14.4 Å². The van der Waals surface area contributed by atoms with Crippen LogP contribution in [0.1, 0.15) is 74.1 Å². The van der Waals surface area contributed by atoms with Gasteiger partial charge in [-0.2, -0.15) is 11.8 Å². The molecule has 3 N–H and O–H groups in total. The fraction of sp³-hybridized carbons (Fsp3) is 0.821. The average Bonchev–Trinajstić information content (AvgIpc) is 2.86. The number of aliphatic hydroxyl groups is 1. The van der Waals surface area contributed by atoms with E-state index in [2.05, 4.69) is 29.4 Å². The van der Waals surface area contributed by atoms with Crippen LogP contribution in [0.5, 0.6) is 0 Å². The van der Waals surface area contributed by atoms with Crippen molar-refractivity contribution in [1.29, 1.82) is 0 Å². The fourth-order valence-corrected chi connectivity index (χ4v) is 5.35. The van der Waals surface area contributed by atoms with Gasteiger partial charge in [0.25, 0.3) is 0 Å². The predicted octanol–water partition coefficient (Wildman–Crippen LogP) is 3.05. The Kier molecular flexibility index (Phi) is 14.8. The molecule has 37 heavy (non-hydrogen) atoms. The summed E-state index contributed by atoms with van der Waals surface area (Å²) in [6, 6.07) is -1.22. The van der Waals surface area contributed by atoms with Gasteiger partial charge in [0.05, 0.1) is 24.7 Å². The Hall–Kier alpha value is -1.58. The highest BCUT2D eigenvalue weighted by atomic mass is 32.2. The molecule has 214 valence electrons. The molecule has 0 saturated carbocycles. The maximum absolute atomic E-state index is 13.7. The number of hydrogen-bond donors (Lipinski definition) is 3. The molecule has 0 aliphatic carbocycles. The van der Waals surface area contributed by atoms with E-state index in [1.807, 2.05) is 40.0 Å². The molecule has 0 spiro atoms. The smallest absolute Gasteiger partial charge is 0.246 e. The Balaban J connectivity index is 3.03. The van der Waals surface area contributed by atoms with Crippen molar-refractivity contribution in [3.63, 3.8) is 0 Å². The molecule has 1 fully saturated rings. The van der Waals surface area contributed by atoms with Crippen molar-refractivity contribution in [2.45, 2.75) is 104 Å². The first-order valence-corrected chi connectivity index (χ1v) is 15.2. The first-order chi connectivity index (χ1) is 17.3. The molecule has 0 unspecified atom stereocenters. The number of carbonyl (C=O) groups is 3. The van der Waals surface area contributed by atoms with Crippen molar-refractivity contribution < 1.29 is 19.5 Å². The number of nitrogens with zero attached hydrogens (tertiary/aromatic N) is 2. The minimum Gasteiger partial charge on any atom is -0.394 e. The number of aliphatic hydroxyl groups excluding tert-OH is 1. The minimum absolute atomic E-state index is 0.0557. The molecule has 0 aromatic heterocycles. The molecule has 0 aromatic carbocycles. The number of amides is 3. The Morgan fingerprint density at radius 1 is 1.08 bits per heavy atom. The lowest BCUT2D eigenvalue weighted by Crippen LogP contribution is -2.58. The van der Waals surface area contributed by atoms with E-state index in [1.54, 1.807) is 30.6 Å². The summed E-state index contributed by atoms with van der Waals surface area (Å²) >= 11 is 1.67. The lowest BCUT2D eigenvalue weighted by Gasteiger charge is -2.39. The summed E-state index contributed by atoms with van der Waals surface area (Å²) in [7, 11) is 1.74. The Bertz CT molecular complexity index is 771. The van der Waals surface area contributed by atoms with Crippen LogP contribution in [0, 0.1) is 11.8 Å². The maximum atomic E-state index is 13.7. The number of carbonyl (C=O) groups excluding carboxylic acids is 3. The number of piperidine rings is 1. The molecule has 1 rings (SSSR count). The standard InChI is InChI=1S/C28H52N4O4S/c1-18(2)24(16-21(7)26(34)29-22(17-33)13-15-37-9)31(8)28(36)25(19(3)4)30-27(35)23-12-10-11-14-32(23)20(5)6/h16,18-20,22-25,33H,10-15,17H2,1-9H3,(H,29,34)(H,30,35)/t22-,23+,24+,25-/m0/s1. The normalized spacial score (nSPS) is 19.6. The monoisotopic (exact) mass is 540 g/mol. The van der Waals surface area contributed by atoms with Gasteiger partial charge >= 0.3 is 0 Å². The summed E-state index contributed by atoms with van der Waals surface area (Å²) in [5.74, 6) is 0.329. The van der Waals surface area contributed by atoms with Crippen molar-refractivity contribution in [2.24, 2.45) is 11.8 Å². The Morgan fingerprint density at radius 3 is 2.24 bits per heavy atom. The van der Waals surface area contributed by atoms with Gasteiger partial charge in [-0.05, 0) is 70.4 Å². The predicted molar refractivity (Wildman–Crippen MR) is 153 cm³/mol. The second-order valence-electron chi connectivity index (χ2n) is 11.2. The van der Waals surface area contributed by atoms with E-state index in [9.17, 15) is 19.5 Å². The van der Waals surface area contributed by atoms with Crippen LogP contribution < -0.4 is 10.6 Å². The molecule has 0 bridgehead atoms. The van der Waals surface area contributed by atoms with Crippen molar-refractivity contribution >= 4 is 29.5 Å². The number of likely N-dealkylation sites (tertiary alicyclic amines) is 1. The summed E-state index contributed by atoms with van der Waals surface area (Å²) in [6.45, 7) is 14.6. The summed E-state index contributed by atoms with van der Waals surface area (Å²) < 4.78 is 0. The van der Waals surface area contributed by atoms with Gasteiger partial charge in [-0.25, -0.2) is 0 Å². The Labute approximate surface area is 229 Å². The lowest BCUT2D eigenvalue weighted by molar-refractivity contribution is -0.140.